The molecular formula is C10H12N6O2. The Morgan fingerprint density at radius 2 is 2.33 bits per heavy atom. The molecule has 8 heteroatoms. The van der Waals surface area contributed by atoms with Gasteiger partial charge in [0.15, 0.2) is 5.69 Å². The highest BCUT2D eigenvalue weighted by Crippen LogP contribution is 2.41. The SMILES string of the molecule is Cn1ncnc1Cn1nnc(C(=O)O)c1C1CC1. The van der Waals surface area contributed by atoms with Crippen LogP contribution in [0.25, 0.3) is 0 Å². The molecule has 1 N–H and O–H groups in total. The molecular weight excluding hydrogens is 236 g/mol. The number of hydrogen-bond acceptors (Lipinski definition) is 5. The van der Waals surface area contributed by atoms with Crippen LogP contribution in [0.3, 0.4) is 0 Å². The number of nitrogens with zero attached hydrogens (tertiary/aromatic N) is 6. The Hall–Kier alpha value is -2.25. The van der Waals surface area contributed by atoms with E-state index < -0.39 is 5.97 Å². The minimum atomic E-state index is -1.03. The highest BCUT2D eigenvalue weighted by atomic mass is 16.4. The van der Waals surface area contributed by atoms with Gasteiger partial charge in [0.25, 0.3) is 0 Å². The van der Waals surface area contributed by atoms with Crippen molar-refractivity contribution in [3.8, 4) is 0 Å². The van der Waals surface area contributed by atoms with Crippen molar-refractivity contribution in [1.82, 2.24) is 29.8 Å². The van der Waals surface area contributed by atoms with Gasteiger partial charge in [-0.1, -0.05) is 5.21 Å². The van der Waals surface area contributed by atoms with Gasteiger partial charge >= 0.3 is 5.97 Å². The molecule has 0 unspecified atom stereocenters. The van der Waals surface area contributed by atoms with Crippen LogP contribution < -0.4 is 0 Å². The molecule has 2 aromatic rings. The molecule has 0 aromatic carbocycles. The number of carbonyl (C=O) groups is 1. The highest BCUT2D eigenvalue weighted by Gasteiger charge is 2.33. The Morgan fingerprint density at radius 1 is 1.56 bits per heavy atom. The number of hydrogen-bond donors (Lipinski definition) is 1. The van der Waals surface area contributed by atoms with E-state index in [1.54, 1.807) is 16.4 Å². The van der Waals surface area contributed by atoms with Crippen molar-refractivity contribution in [1.29, 1.82) is 0 Å². The van der Waals surface area contributed by atoms with E-state index in [2.05, 4.69) is 20.4 Å². The molecule has 0 radical (unpaired) electrons. The fraction of sp³-hybridized carbons (Fsp3) is 0.500. The van der Waals surface area contributed by atoms with Crippen LogP contribution in [0.5, 0.6) is 0 Å². The first-order valence-corrected chi connectivity index (χ1v) is 5.66. The predicted molar refractivity (Wildman–Crippen MR) is 59.1 cm³/mol. The molecule has 0 amide bonds. The molecule has 1 saturated carbocycles. The monoisotopic (exact) mass is 248 g/mol. The van der Waals surface area contributed by atoms with Crippen LogP contribution in [-0.2, 0) is 13.6 Å². The maximum absolute atomic E-state index is 11.1. The summed E-state index contributed by atoms with van der Waals surface area (Å²) in [7, 11) is 1.79. The van der Waals surface area contributed by atoms with Gasteiger partial charge in [0.05, 0.1) is 5.69 Å². The van der Waals surface area contributed by atoms with Gasteiger partial charge in [-0.25, -0.2) is 14.5 Å². The summed E-state index contributed by atoms with van der Waals surface area (Å²) in [5.41, 5.74) is 0.755. The summed E-state index contributed by atoms with van der Waals surface area (Å²) in [5, 5.41) is 20.7. The molecule has 0 bridgehead atoms. The Bertz CT molecular complexity index is 597. The minimum Gasteiger partial charge on any atom is -0.476 e. The molecule has 3 rings (SSSR count). The second-order valence-corrected chi connectivity index (χ2v) is 4.36. The van der Waals surface area contributed by atoms with Crippen molar-refractivity contribution in [2.45, 2.75) is 25.3 Å². The largest absolute Gasteiger partial charge is 0.476 e. The van der Waals surface area contributed by atoms with Crippen LogP contribution in [-0.4, -0.2) is 40.8 Å². The summed E-state index contributed by atoms with van der Waals surface area (Å²) < 4.78 is 3.25. The first-order chi connectivity index (χ1) is 8.66. The minimum absolute atomic E-state index is 0.0552. The lowest BCUT2D eigenvalue weighted by Gasteiger charge is -2.05. The van der Waals surface area contributed by atoms with Gasteiger partial charge in [-0.2, -0.15) is 5.10 Å². The number of rotatable bonds is 4. The molecule has 0 atom stereocenters. The quantitative estimate of drug-likeness (QED) is 0.819. The fourth-order valence-electron chi connectivity index (χ4n) is 1.95. The van der Waals surface area contributed by atoms with Crippen LogP contribution in [0.1, 0.15) is 40.8 Å². The van der Waals surface area contributed by atoms with Gasteiger partial charge in [-0.05, 0) is 12.8 Å². The van der Waals surface area contributed by atoms with Crippen molar-refractivity contribution in [3.63, 3.8) is 0 Å². The zero-order valence-corrected chi connectivity index (χ0v) is 9.81. The lowest BCUT2D eigenvalue weighted by molar-refractivity contribution is 0.0689. The molecule has 2 heterocycles. The van der Waals surface area contributed by atoms with Crippen molar-refractivity contribution in [2.24, 2.45) is 7.05 Å². The second-order valence-electron chi connectivity index (χ2n) is 4.36. The Morgan fingerprint density at radius 3 is 2.89 bits per heavy atom. The summed E-state index contributed by atoms with van der Waals surface area (Å²) in [6.07, 6.45) is 3.44. The molecule has 1 aliphatic rings. The van der Waals surface area contributed by atoms with Crippen molar-refractivity contribution in [2.75, 3.05) is 0 Å². The van der Waals surface area contributed by atoms with E-state index in [9.17, 15) is 4.79 Å². The number of aromatic carboxylic acids is 1. The fourth-order valence-corrected chi connectivity index (χ4v) is 1.95. The van der Waals surface area contributed by atoms with Crippen molar-refractivity contribution < 1.29 is 9.90 Å². The first kappa shape index (κ1) is 10.9. The van der Waals surface area contributed by atoms with Gasteiger partial charge < -0.3 is 5.11 Å². The van der Waals surface area contributed by atoms with Gasteiger partial charge in [0.1, 0.15) is 18.7 Å². The number of aromatic nitrogens is 6. The number of carboxylic acids is 1. The Balaban J connectivity index is 1.97. The van der Waals surface area contributed by atoms with Crippen LogP contribution >= 0.6 is 0 Å². The van der Waals surface area contributed by atoms with E-state index >= 15 is 0 Å². The summed E-state index contributed by atoms with van der Waals surface area (Å²) in [5.74, 6) is -0.0424. The third-order valence-corrected chi connectivity index (χ3v) is 3.04. The molecule has 0 aliphatic heterocycles. The lowest BCUT2D eigenvalue weighted by atomic mass is 10.2. The number of carboxylic acid groups (broad SMARTS) is 1. The predicted octanol–water partition coefficient (Wildman–Crippen LogP) is 0.0305. The summed E-state index contributed by atoms with van der Waals surface area (Å²) >= 11 is 0. The molecule has 2 aromatic heterocycles. The van der Waals surface area contributed by atoms with Crippen LogP contribution in [0, 0.1) is 0 Å². The molecule has 1 aliphatic carbocycles. The van der Waals surface area contributed by atoms with E-state index in [-0.39, 0.29) is 11.6 Å². The van der Waals surface area contributed by atoms with E-state index in [1.807, 2.05) is 0 Å². The molecule has 94 valence electrons. The van der Waals surface area contributed by atoms with E-state index in [0.717, 1.165) is 18.7 Å². The maximum atomic E-state index is 11.1. The molecule has 8 nitrogen and oxygen atoms in total. The average Bonchev–Trinajstić information content (AvgIpc) is 2.96. The van der Waals surface area contributed by atoms with Crippen molar-refractivity contribution in [3.05, 3.63) is 23.5 Å². The highest BCUT2D eigenvalue weighted by molar-refractivity contribution is 5.86. The number of aryl methyl sites for hydroxylation is 1. The molecule has 18 heavy (non-hydrogen) atoms. The zero-order valence-electron chi connectivity index (χ0n) is 9.81. The smallest absolute Gasteiger partial charge is 0.358 e. The second kappa shape index (κ2) is 3.90. The van der Waals surface area contributed by atoms with Gasteiger partial charge in [-0.3, -0.25) is 4.68 Å². The standard InChI is InChI=1S/C10H12N6O2/c1-15-7(11-5-12-15)4-16-9(6-2-3-6)8(10(17)18)13-14-16/h5-6H,2-4H2,1H3,(H,17,18). The summed E-state index contributed by atoms with van der Waals surface area (Å²) in [4.78, 5) is 15.2. The first-order valence-electron chi connectivity index (χ1n) is 5.66. The molecule has 0 saturated heterocycles. The summed E-state index contributed by atoms with van der Waals surface area (Å²) in [6, 6.07) is 0. The topological polar surface area (TPSA) is 98.7 Å². The zero-order chi connectivity index (χ0) is 12.7. The van der Waals surface area contributed by atoms with E-state index in [1.165, 1.54) is 6.33 Å². The average molecular weight is 248 g/mol. The Kier molecular flexibility index (Phi) is 2.35. The van der Waals surface area contributed by atoms with Gasteiger partial charge in [-0.15, -0.1) is 5.10 Å². The van der Waals surface area contributed by atoms with E-state index in [0.29, 0.717) is 12.2 Å². The Labute approximate surface area is 102 Å². The lowest BCUT2D eigenvalue weighted by Crippen LogP contribution is -2.12. The molecule has 0 spiro atoms. The van der Waals surface area contributed by atoms with Crippen LogP contribution in [0.15, 0.2) is 6.33 Å². The van der Waals surface area contributed by atoms with Crippen LogP contribution in [0.4, 0.5) is 0 Å². The van der Waals surface area contributed by atoms with Gasteiger partial charge in [0.2, 0.25) is 0 Å². The third kappa shape index (κ3) is 1.75. The van der Waals surface area contributed by atoms with E-state index in [4.69, 9.17) is 5.11 Å². The van der Waals surface area contributed by atoms with Crippen molar-refractivity contribution >= 4 is 5.97 Å². The van der Waals surface area contributed by atoms with Crippen LogP contribution in [0.2, 0.25) is 0 Å². The summed E-state index contributed by atoms with van der Waals surface area (Å²) in [6.45, 7) is 0.391. The maximum Gasteiger partial charge on any atom is 0.358 e. The molecule has 1 fully saturated rings. The normalized spacial score (nSPS) is 14.9. The van der Waals surface area contributed by atoms with Gasteiger partial charge in [0, 0.05) is 13.0 Å². The third-order valence-electron chi connectivity index (χ3n) is 3.04.